The summed E-state index contributed by atoms with van der Waals surface area (Å²) in [6, 6.07) is 35.1. The molecule has 1 atom stereocenters. The van der Waals surface area contributed by atoms with Gasteiger partial charge in [0, 0.05) is 102 Å². The Morgan fingerprint density at radius 1 is 0.380 bits per heavy atom. The number of aromatic nitrogens is 18. The Morgan fingerprint density at radius 3 is 0.847 bits per heavy atom. The number of nitrogens with one attached hydrogen (secondary N) is 6. The van der Waals surface area contributed by atoms with Crippen molar-refractivity contribution in [3.05, 3.63) is 273 Å². The van der Waals surface area contributed by atoms with Gasteiger partial charge < -0.3 is 59.6 Å². The third kappa shape index (κ3) is 48.2. The minimum atomic E-state index is -1.17. The summed E-state index contributed by atoms with van der Waals surface area (Å²) in [5.74, 6) is -2.21. The topological polar surface area (TPSA) is 496 Å². The van der Waals surface area contributed by atoms with E-state index in [0.717, 1.165) is 5.69 Å². The molecule has 1 aliphatic rings. The molecule has 10 heterocycles. The molecule has 9 N–H and O–H groups in total. The molecule has 9 aromatic heterocycles. The molecular formula is C92H134BI4N20O17VY2-2. The van der Waals surface area contributed by atoms with Crippen LogP contribution < -0.4 is 32.9 Å². The number of rotatable bonds is 14. The minimum absolute atomic E-state index is 0. The first-order valence-electron chi connectivity index (χ1n) is 42.8. The fourth-order valence-electron chi connectivity index (χ4n) is 9.68. The molecule has 15 rings (SSSR count). The van der Waals surface area contributed by atoms with Crippen molar-refractivity contribution in [1.29, 1.82) is 0 Å². The van der Waals surface area contributed by atoms with Crippen LogP contribution in [-0.4, -0.2) is 173 Å². The molecule has 5 aromatic carbocycles. The van der Waals surface area contributed by atoms with Crippen LogP contribution in [0.3, 0.4) is 0 Å². The van der Waals surface area contributed by atoms with Gasteiger partial charge in [-0.3, -0.25) is 43.9 Å². The Labute approximate surface area is 908 Å². The molecule has 1 aliphatic heterocycles. The summed E-state index contributed by atoms with van der Waals surface area (Å²) in [6.07, 6.45) is 13.4. The number of carboxylic acid groups (broad SMARTS) is 1. The van der Waals surface area contributed by atoms with E-state index < -0.39 is 43.3 Å². The predicted molar refractivity (Wildman–Crippen MR) is 574 cm³/mol. The Kier molecular flexibility index (Phi) is 87.9. The minimum Gasteiger partial charge on any atom is 0 e. The van der Waals surface area contributed by atoms with Crippen LogP contribution in [0.2, 0.25) is 6.82 Å². The van der Waals surface area contributed by atoms with E-state index in [-0.39, 0.29) is 194 Å². The number of hydrogen-bond donors (Lipinski definition) is 9. The maximum Gasteiger partial charge on any atom is 0 e. The Hall–Kier alpha value is -8.97. The van der Waals surface area contributed by atoms with E-state index in [1.807, 2.05) is 151 Å². The number of anilines is 1. The summed E-state index contributed by atoms with van der Waals surface area (Å²) in [5, 5.41) is 51.9. The number of nitrogens with zero attached hydrogens (tertiary/aromatic N) is 14. The van der Waals surface area contributed by atoms with Crippen molar-refractivity contribution in [2.75, 3.05) is 31.7 Å². The second-order valence-electron chi connectivity index (χ2n) is 22.1. The summed E-state index contributed by atoms with van der Waals surface area (Å²) >= 11 is 7.39. The van der Waals surface area contributed by atoms with E-state index in [2.05, 4.69) is 136 Å². The van der Waals surface area contributed by atoms with Gasteiger partial charge in [-0.15, -0.1) is 24.0 Å². The van der Waals surface area contributed by atoms with Gasteiger partial charge in [0.25, 0.3) is 28.1 Å². The number of fused-ring (bicyclic) bond motifs is 5. The Balaban J connectivity index is -0.000000234. The summed E-state index contributed by atoms with van der Waals surface area (Å²) in [5.41, 5.74) is 3.68. The van der Waals surface area contributed by atoms with Crippen molar-refractivity contribution < 1.29 is 133 Å². The van der Waals surface area contributed by atoms with Crippen LogP contribution in [0.5, 0.6) is 0 Å². The number of halogens is 4. The van der Waals surface area contributed by atoms with Crippen molar-refractivity contribution in [1.82, 2.24) is 94.1 Å². The standard InChI is InChI=1S/C14H14N4O3.3C14H12N4O3.C12H8N4O3.10C2H6.CH5BO2.CH4.2CH3.4HI.V.2Y/c4*1-2-21-13(20)9-7-15-18(8-9)14-16-11-6-4-3-5-10(11)12(19)17-14;17-10-8-3-1-2-4-9(8)14-12(15-10)16-6-7(5-13-16)11(18)19;10*1-2;1-2(3)4;;;;;;;;;;/h3-8,14,16H,2H2,1H3,(H,17,19);3*3-8H,2H2,1H3,(H,16,17,19);1-6H,(H,18,19)(H,14,15,17);10*1-2H3;3-4H,1H3;1H4;2*1H3;4*1H;;;/q;;;;;;;;;;;;;;;;;2*-1;;;;;+3;;/p-3. The quantitative estimate of drug-likeness (QED) is 0.0160. The van der Waals surface area contributed by atoms with Crippen LogP contribution in [0.25, 0.3) is 67.4 Å². The van der Waals surface area contributed by atoms with Crippen LogP contribution in [0, 0.1) is 14.9 Å². The first-order chi connectivity index (χ1) is 63.4. The largest absolute Gasteiger partial charge is 0 e. The summed E-state index contributed by atoms with van der Waals surface area (Å²) < 4.78 is 26.3. The fraction of sp³-hybridized carbons (Fsp3) is 0.337. The van der Waals surface area contributed by atoms with Crippen molar-refractivity contribution in [3.63, 3.8) is 0 Å². The number of carbonyl (C=O) groups is 6. The van der Waals surface area contributed by atoms with Gasteiger partial charge in [-0.2, -0.15) is 25.5 Å². The van der Waals surface area contributed by atoms with Crippen LogP contribution in [0.1, 0.15) is 242 Å². The molecule has 0 spiro atoms. The van der Waals surface area contributed by atoms with Gasteiger partial charge in [0.1, 0.15) is 0 Å². The number of benzene rings is 5. The van der Waals surface area contributed by atoms with Gasteiger partial charge in [-0.25, -0.2) is 67.3 Å². The average molecular weight is 2540 g/mol. The Bertz CT molecular complexity index is 5580. The van der Waals surface area contributed by atoms with E-state index in [9.17, 15) is 47.9 Å². The normalized spacial score (nSPS) is 9.86. The van der Waals surface area contributed by atoms with Crippen LogP contribution in [-0.2, 0) is 89.3 Å². The number of para-hydroxylation sites is 5. The van der Waals surface area contributed by atoms with Crippen LogP contribution >= 0.6 is 83.9 Å². The van der Waals surface area contributed by atoms with Gasteiger partial charge in [-0.1, -0.05) is 207 Å². The third-order valence-electron chi connectivity index (χ3n) is 14.5. The zero-order chi connectivity index (χ0) is 99.8. The SMILES string of the molecule is C.CB(O)O.CC.CC.CC.CC.CC.CC.CC.CC.CC.CC.CCOC(=O)c1cnn(-c2nc3ccccc3c(=O)[nH]2)c1.CCOC(=O)c1cnn(-c2nc3ccccc3c(=O)[nH]2)c1.CCOC(=O)c1cnn(-c2nc3ccccc3c(=O)[nH]2)c1.CCOC(=O)c1cnn(C2NC(=O)c3ccccc3N2)c1.I.O=C(O)c1cnn(-c2nc3ccccc3c(=O)[nH]2)c1.[CH3-].[CH3-].[I][V]([I])[I].[Y].[Y]. The van der Waals surface area contributed by atoms with Crippen molar-refractivity contribution in [2.24, 2.45) is 0 Å². The molecule has 2 radical (unpaired) electrons. The second-order valence-corrected chi connectivity index (χ2v) is 57.5. The number of ether oxygens (including phenoxy) is 4. The monoisotopic (exact) mass is 2540 g/mol. The van der Waals surface area contributed by atoms with E-state index >= 15 is 0 Å². The molecule has 0 bridgehead atoms. The number of aromatic amines is 4. The molecule has 37 nitrogen and oxygen atoms in total. The Morgan fingerprint density at radius 2 is 0.599 bits per heavy atom. The molecule has 45 heteroatoms. The van der Waals surface area contributed by atoms with E-state index in [1.54, 1.807) is 137 Å². The summed E-state index contributed by atoms with van der Waals surface area (Å²) in [4.78, 5) is 144. The summed E-state index contributed by atoms with van der Waals surface area (Å²) in [6.45, 7) is 49.4. The molecule has 0 aliphatic carbocycles. The van der Waals surface area contributed by atoms with E-state index in [4.69, 9.17) is 34.1 Å². The van der Waals surface area contributed by atoms with Crippen molar-refractivity contribution in [3.8, 4) is 23.8 Å². The van der Waals surface area contributed by atoms with E-state index in [1.165, 1.54) is 92.2 Å². The number of hydrogen-bond acceptors (Lipinski definition) is 26. The van der Waals surface area contributed by atoms with Gasteiger partial charge in [0.05, 0.1) is 134 Å². The maximum absolute atomic E-state index is 12.0. The fourth-order valence-corrected chi connectivity index (χ4v) is 9.68. The molecule has 1 amide bonds. The smallest absolute Gasteiger partial charge is 0 e. The van der Waals surface area contributed by atoms with Gasteiger partial charge in [-0.05, 0) is 95.2 Å². The molecule has 1 unspecified atom stereocenters. The van der Waals surface area contributed by atoms with E-state index in [0.29, 0.717) is 78.0 Å². The zero-order valence-electron chi connectivity index (χ0n) is 82.3. The number of aromatic carboxylic acids is 1. The first kappa shape index (κ1) is 143. The molecule has 748 valence electrons. The average Bonchev–Trinajstić information content (AvgIpc) is 1.73. The molecule has 137 heavy (non-hydrogen) atoms. The number of amides is 1. The number of esters is 4. The molecular weight excluding hydrogens is 2400 g/mol. The second kappa shape index (κ2) is 83.9. The first-order valence-corrected chi connectivity index (χ1v) is 56.3. The zero-order valence-corrected chi connectivity index (χ0v) is 98.1. The van der Waals surface area contributed by atoms with Crippen LogP contribution in [0.4, 0.5) is 5.69 Å². The van der Waals surface area contributed by atoms with Crippen molar-refractivity contribution in [2.45, 2.75) is 187 Å². The van der Waals surface area contributed by atoms with Gasteiger partial charge in [0.2, 0.25) is 23.8 Å². The summed E-state index contributed by atoms with van der Waals surface area (Å²) in [7, 11) is -1.17. The number of H-pyrrole nitrogens is 4. The molecule has 0 fully saturated rings. The molecule has 0 saturated heterocycles. The number of carboxylic acids is 1. The predicted octanol–water partition coefficient (Wildman–Crippen LogP) is 20.2. The number of carbonyl (C=O) groups excluding carboxylic acids is 5. The van der Waals surface area contributed by atoms with Gasteiger partial charge in [0.15, 0.2) is 6.29 Å². The van der Waals surface area contributed by atoms with Gasteiger partial charge >= 0.3 is 102 Å². The molecule has 14 aromatic rings. The maximum atomic E-state index is 12.0. The third-order valence-corrected chi connectivity index (χ3v) is 14.5. The van der Waals surface area contributed by atoms with Crippen LogP contribution in [0.15, 0.2) is 202 Å². The molecule has 0 saturated carbocycles. The van der Waals surface area contributed by atoms with Crippen molar-refractivity contribution >= 4 is 176 Å².